The van der Waals surface area contributed by atoms with Gasteiger partial charge in [-0.1, -0.05) is 131 Å². The second-order valence-electron chi connectivity index (χ2n) is 14.7. The molecule has 2 N–H and O–H groups in total. The normalized spacial score (nSPS) is 15.4. The number of hydrogen-bond donors (Lipinski definition) is 2. The first-order chi connectivity index (χ1) is 24.6. The smallest absolute Gasteiger partial charge is 0.407 e. The molecular formula is C42H50N2O5SSi. The molecule has 1 saturated carbocycles. The Morgan fingerprint density at radius 1 is 0.922 bits per heavy atom. The minimum Gasteiger partial charge on any atom is -0.465 e. The van der Waals surface area contributed by atoms with Gasteiger partial charge in [0, 0.05) is 30.4 Å². The summed E-state index contributed by atoms with van der Waals surface area (Å²) in [6.45, 7) is 7.94. The molecule has 5 aromatic rings. The molecule has 0 bridgehead atoms. The summed E-state index contributed by atoms with van der Waals surface area (Å²) in [6, 6.07) is 33.1. The van der Waals surface area contributed by atoms with Crippen molar-refractivity contribution < 1.29 is 23.9 Å². The molecule has 1 fully saturated rings. The summed E-state index contributed by atoms with van der Waals surface area (Å²) in [6.07, 6.45) is 6.88. The Labute approximate surface area is 307 Å². The van der Waals surface area contributed by atoms with Crippen LogP contribution in [0.15, 0.2) is 113 Å². The first-order valence-electron chi connectivity index (χ1n) is 18.1. The van der Waals surface area contributed by atoms with Gasteiger partial charge in [0.25, 0.3) is 8.32 Å². The van der Waals surface area contributed by atoms with Gasteiger partial charge in [0.15, 0.2) is 5.60 Å². The van der Waals surface area contributed by atoms with Crippen molar-refractivity contribution in [3.8, 4) is 0 Å². The number of benzene rings is 3. The number of aromatic nitrogens is 1. The van der Waals surface area contributed by atoms with Crippen molar-refractivity contribution >= 4 is 36.1 Å². The maximum atomic E-state index is 12.4. The van der Waals surface area contributed by atoms with Crippen LogP contribution in [-0.2, 0) is 29.4 Å². The van der Waals surface area contributed by atoms with E-state index in [1.165, 1.54) is 21.7 Å². The number of aliphatic hydroxyl groups is 1. The van der Waals surface area contributed by atoms with Gasteiger partial charge in [0.2, 0.25) is 5.89 Å². The Morgan fingerprint density at radius 3 is 2.12 bits per heavy atom. The van der Waals surface area contributed by atoms with Crippen molar-refractivity contribution in [1.29, 1.82) is 0 Å². The van der Waals surface area contributed by atoms with Gasteiger partial charge >= 0.3 is 6.09 Å². The van der Waals surface area contributed by atoms with Gasteiger partial charge in [0.1, 0.15) is 5.76 Å². The Kier molecular flexibility index (Phi) is 11.6. The molecule has 0 radical (unpaired) electrons. The zero-order chi connectivity index (χ0) is 35.9. The van der Waals surface area contributed by atoms with Crippen LogP contribution < -0.4 is 10.4 Å². The number of amides is 1. The van der Waals surface area contributed by atoms with Crippen LogP contribution in [-0.4, -0.2) is 47.7 Å². The average Bonchev–Trinajstić information content (AvgIpc) is 3.82. The molecule has 2 aromatic heterocycles. The third kappa shape index (κ3) is 8.07. The van der Waals surface area contributed by atoms with Gasteiger partial charge in [-0.3, -0.25) is 0 Å². The molecule has 3 aromatic carbocycles. The molecule has 2 heterocycles. The molecule has 7 nitrogen and oxygen atoms in total. The lowest BCUT2D eigenvalue weighted by Crippen LogP contribution is -2.66. The number of carboxylic acid groups (broad SMARTS) is 1. The van der Waals surface area contributed by atoms with Crippen LogP contribution in [0, 0.1) is 5.92 Å². The lowest BCUT2D eigenvalue weighted by Gasteiger charge is -2.43. The number of rotatable bonds is 14. The van der Waals surface area contributed by atoms with Crippen molar-refractivity contribution in [1.82, 2.24) is 9.88 Å². The molecule has 9 heteroatoms. The molecular weight excluding hydrogens is 673 g/mol. The van der Waals surface area contributed by atoms with Crippen LogP contribution in [0.3, 0.4) is 0 Å². The molecule has 0 spiro atoms. The van der Waals surface area contributed by atoms with Crippen molar-refractivity contribution in [2.24, 2.45) is 5.92 Å². The van der Waals surface area contributed by atoms with Crippen LogP contribution in [0.2, 0.25) is 5.04 Å². The number of nitrogens with zero attached hydrogens (tertiary/aromatic N) is 2. The van der Waals surface area contributed by atoms with E-state index in [2.05, 4.69) is 97.9 Å². The molecule has 1 aliphatic rings. The molecule has 0 saturated heterocycles. The van der Waals surface area contributed by atoms with Gasteiger partial charge in [0.05, 0.1) is 12.7 Å². The first kappa shape index (κ1) is 36.8. The molecule has 0 aliphatic heterocycles. The van der Waals surface area contributed by atoms with E-state index in [-0.39, 0.29) is 24.0 Å². The summed E-state index contributed by atoms with van der Waals surface area (Å²) in [5.41, 5.74) is 0.602. The minimum absolute atomic E-state index is 0.0120. The van der Waals surface area contributed by atoms with E-state index in [1.807, 2.05) is 30.3 Å². The number of carbonyl (C=O) groups is 1. The maximum absolute atomic E-state index is 12.4. The lowest BCUT2D eigenvalue weighted by atomic mass is 9.73. The molecule has 1 aliphatic carbocycles. The minimum atomic E-state index is -2.63. The van der Waals surface area contributed by atoms with E-state index in [9.17, 15) is 15.0 Å². The SMILES string of the molecule is CC(C)(C)[Si](OCCc1csc(CN(CCc2cnc(C(O)(c3ccccc3)C3CCCCC3)o2)C(=O)O)c1)(c1ccccc1)c1ccccc1. The fraction of sp³-hybridized carbons (Fsp3) is 0.381. The molecule has 1 atom stereocenters. The lowest BCUT2D eigenvalue weighted by molar-refractivity contribution is -0.0239. The molecule has 1 unspecified atom stereocenters. The topological polar surface area (TPSA) is 96.0 Å². The van der Waals surface area contributed by atoms with E-state index in [0.717, 1.165) is 48.1 Å². The summed E-state index contributed by atoms with van der Waals surface area (Å²) in [5, 5.41) is 26.8. The van der Waals surface area contributed by atoms with E-state index < -0.39 is 20.0 Å². The van der Waals surface area contributed by atoms with E-state index >= 15 is 0 Å². The molecule has 51 heavy (non-hydrogen) atoms. The number of hydrogen-bond acceptors (Lipinski definition) is 6. The van der Waals surface area contributed by atoms with Crippen LogP contribution in [0.5, 0.6) is 0 Å². The van der Waals surface area contributed by atoms with Gasteiger partial charge in [-0.15, -0.1) is 11.3 Å². The molecule has 1 amide bonds. The Bertz CT molecular complexity index is 1790. The third-order valence-electron chi connectivity index (χ3n) is 10.4. The summed E-state index contributed by atoms with van der Waals surface area (Å²) in [7, 11) is -2.63. The van der Waals surface area contributed by atoms with E-state index in [1.54, 1.807) is 17.5 Å². The quantitative estimate of drug-likeness (QED) is 0.112. The summed E-state index contributed by atoms with van der Waals surface area (Å²) in [5.74, 6) is 0.868. The third-order valence-corrected chi connectivity index (χ3v) is 16.4. The highest BCUT2D eigenvalue weighted by Gasteiger charge is 2.50. The summed E-state index contributed by atoms with van der Waals surface area (Å²) < 4.78 is 13.3. The fourth-order valence-corrected chi connectivity index (χ4v) is 13.2. The largest absolute Gasteiger partial charge is 0.465 e. The fourth-order valence-electron chi connectivity index (χ4n) is 7.75. The number of oxazole rings is 1. The zero-order valence-electron chi connectivity index (χ0n) is 30.0. The van der Waals surface area contributed by atoms with Gasteiger partial charge < -0.3 is 24.0 Å². The van der Waals surface area contributed by atoms with Gasteiger partial charge in [-0.25, -0.2) is 9.78 Å². The zero-order valence-corrected chi connectivity index (χ0v) is 31.8. The van der Waals surface area contributed by atoms with Crippen molar-refractivity contribution in [2.45, 2.75) is 82.9 Å². The van der Waals surface area contributed by atoms with Crippen molar-refractivity contribution in [2.75, 3.05) is 13.2 Å². The molecule has 6 rings (SSSR count). The average molecular weight is 723 g/mol. The van der Waals surface area contributed by atoms with Crippen LogP contribution in [0.1, 0.15) is 80.5 Å². The summed E-state index contributed by atoms with van der Waals surface area (Å²) >= 11 is 1.58. The highest BCUT2D eigenvalue weighted by Crippen LogP contribution is 2.44. The highest BCUT2D eigenvalue weighted by atomic mass is 32.1. The van der Waals surface area contributed by atoms with Gasteiger partial charge in [-0.2, -0.15) is 0 Å². The second-order valence-corrected chi connectivity index (χ2v) is 20.0. The highest BCUT2D eigenvalue weighted by molar-refractivity contribution is 7.10. The molecule has 268 valence electrons. The standard InChI is InChI=1S/C42H50N2O5SSi/c1-41(2,3)51(37-20-12-6-13-21-37,38-22-14-7-15-23-38)48-27-25-32-28-36(50-31-32)30-44(40(45)46)26-24-35-29-43-39(49-35)42(47,33-16-8-4-9-17-33)34-18-10-5-11-19-34/h4,6-9,12-17,20-23,28-29,31,34,47H,5,10-11,18-19,24-27,30H2,1-3H3,(H,45,46). The number of thiophene rings is 1. The van der Waals surface area contributed by atoms with E-state index in [4.69, 9.17) is 8.84 Å². The van der Waals surface area contributed by atoms with Crippen molar-refractivity contribution in [3.63, 3.8) is 0 Å². The van der Waals surface area contributed by atoms with E-state index in [0.29, 0.717) is 24.7 Å². The second kappa shape index (κ2) is 16.1. The predicted octanol–water partition coefficient (Wildman–Crippen LogP) is 8.39. The van der Waals surface area contributed by atoms with Gasteiger partial charge in [-0.05, 0) is 57.2 Å². The predicted molar refractivity (Wildman–Crippen MR) is 206 cm³/mol. The maximum Gasteiger partial charge on any atom is 0.407 e. The Hall–Kier alpha value is -4.02. The van der Waals surface area contributed by atoms with Crippen LogP contribution in [0.25, 0.3) is 0 Å². The van der Waals surface area contributed by atoms with Crippen molar-refractivity contribution in [3.05, 3.63) is 136 Å². The summed E-state index contributed by atoms with van der Waals surface area (Å²) in [4.78, 5) is 19.3. The Morgan fingerprint density at radius 2 is 1.53 bits per heavy atom. The first-order valence-corrected chi connectivity index (χ1v) is 20.9. The Balaban J connectivity index is 1.11. The van der Waals surface area contributed by atoms with Crippen LogP contribution >= 0.6 is 11.3 Å². The van der Waals surface area contributed by atoms with Crippen LogP contribution in [0.4, 0.5) is 4.79 Å². The monoisotopic (exact) mass is 722 g/mol.